The third-order valence-electron chi connectivity index (χ3n) is 2.26. The number of hydrogen-bond donors (Lipinski definition) is 0. The first-order chi connectivity index (χ1) is 7.21. The molecule has 0 radical (unpaired) electrons. The second-order valence-electron chi connectivity index (χ2n) is 3.44. The summed E-state index contributed by atoms with van der Waals surface area (Å²) in [4.78, 5) is 11.5. The maximum absolute atomic E-state index is 11.5. The number of thioether (sulfide) groups is 1. The van der Waals surface area contributed by atoms with Crippen LogP contribution < -0.4 is 0 Å². The van der Waals surface area contributed by atoms with Crippen LogP contribution in [0.2, 0.25) is 0 Å². The van der Waals surface area contributed by atoms with Gasteiger partial charge in [-0.25, -0.2) is 0 Å². The quantitative estimate of drug-likeness (QED) is 0.743. The number of carbonyl (C=O) groups is 1. The molecule has 0 spiro atoms. The smallest absolute Gasteiger partial charge is 0.148 e. The first kappa shape index (κ1) is 12.3. The van der Waals surface area contributed by atoms with E-state index in [2.05, 4.69) is 18.9 Å². The average molecular weight is 226 g/mol. The third-order valence-corrected chi connectivity index (χ3v) is 2.87. The van der Waals surface area contributed by atoms with Crippen molar-refractivity contribution in [3.05, 3.63) is 17.5 Å². The molecule has 0 atom stereocenters. The van der Waals surface area contributed by atoms with Crippen LogP contribution in [0.1, 0.15) is 25.2 Å². The number of Topliss-reactive ketones (excluding diaryl/α,β-unsaturated/α-hetero) is 1. The standard InChI is InChI=1S/C11H18N2OS/c1-4-9-6-10(13(5-2)12-9)7-11(14)8-15-3/h6H,4-5,7-8H2,1-3H3. The van der Waals surface area contributed by atoms with Gasteiger partial charge in [0.1, 0.15) is 5.78 Å². The van der Waals surface area contributed by atoms with Gasteiger partial charge in [-0.15, -0.1) is 0 Å². The molecule has 3 nitrogen and oxygen atoms in total. The molecule has 0 N–H and O–H groups in total. The first-order valence-electron chi connectivity index (χ1n) is 5.27. The van der Waals surface area contributed by atoms with Gasteiger partial charge < -0.3 is 0 Å². The van der Waals surface area contributed by atoms with Crippen LogP contribution in [0, 0.1) is 0 Å². The number of aryl methyl sites for hydroxylation is 2. The number of aromatic nitrogens is 2. The average Bonchev–Trinajstić information content (AvgIpc) is 2.60. The highest BCUT2D eigenvalue weighted by Gasteiger charge is 2.09. The van der Waals surface area contributed by atoms with E-state index in [0.717, 1.165) is 24.4 Å². The first-order valence-corrected chi connectivity index (χ1v) is 6.66. The van der Waals surface area contributed by atoms with E-state index >= 15 is 0 Å². The number of carbonyl (C=O) groups excluding carboxylic acids is 1. The largest absolute Gasteiger partial charge is 0.298 e. The summed E-state index contributed by atoms with van der Waals surface area (Å²) in [6.45, 7) is 4.96. The zero-order chi connectivity index (χ0) is 11.3. The summed E-state index contributed by atoms with van der Waals surface area (Å²) in [5, 5.41) is 4.42. The minimum atomic E-state index is 0.278. The molecule has 0 saturated carbocycles. The van der Waals surface area contributed by atoms with Crippen molar-refractivity contribution in [2.75, 3.05) is 12.0 Å². The van der Waals surface area contributed by atoms with Crippen LogP contribution in [0.15, 0.2) is 6.07 Å². The maximum atomic E-state index is 11.5. The SMILES string of the molecule is CCc1cc(CC(=O)CSC)n(CC)n1. The van der Waals surface area contributed by atoms with Gasteiger partial charge in [0, 0.05) is 18.7 Å². The fourth-order valence-corrected chi connectivity index (χ4v) is 1.94. The lowest BCUT2D eigenvalue weighted by Crippen LogP contribution is -2.10. The summed E-state index contributed by atoms with van der Waals surface area (Å²) in [5.74, 6) is 0.871. The van der Waals surface area contributed by atoms with Gasteiger partial charge in [-0.2, -0.15) is 16.9 Å². The van der Waals surface area contributed by atoms with Crippen LogP contribution in [0.3, 0.4) is 0 Å². The lowest BCUT2D eigenvalue weighted by Gasteiger charge is -2.02. The van der Waals surface area contributed by atoms with Crippen LogP contribution in [-0.2, 0) is 24.2 Å². The van der Waals surface area contributed by atoms with Gasteiger partial charge in [0.25, 0.3) is 0 Å². The van der Waals surface area contributed by atoms with E-state index in [1.807, 2.05) is 17.0 Å². The number of rotatable bonds is 6. The van der Waals surface area contributed by atoms with Crippen LogP contribution >= 0.6 is 11.8 Å². The Hall–Kier alpha value is -0.770. The monoisotopic (exact) mass is 226 g/mol. The molecular weight excluding hydrogens is 208 g/mol. The molecule has 0 aromatic carbocycles. The molecule has 1 heterocycles. The minimum Gasteiger partial charge on any atom is -0.298 e. The molecule has 0 unspecified atom stereocenters. The Morgan fingerprint density at radius 2 is 2.27 bits per heavy atom. The van der Waals surface area contributed by atoms with Crippen LogP contribution in [0.25, 0.3) is 0 Å². The van der Waals surface area contributed by atoms with Gasteiger partial charge in [-0.1, -0.05) is 6.92 Å². The van der Waals surface area contributed by atoms with Crippen molar-refractivity contribution in [2.24, 2.45) is 0 Å². The normalized spacial score (nSPS) is 10.6. The number of nitrogens with zero attached hydrogens (tertiary/aromatic N) is 2. The second-order valence-corrected chi connectivity index (χ2v) is 4.31. The van der Waals surface area contributed by atoms with Crippen molar-refractivity contribution in [1.82, 2.24) is 9.78 Å². The van der Waals surface area contributed by atoms with Gasteiger partial charge in [-0.05, 0) is 25.7 Å². The molecule has 0 saturated heterocycles. The van der Waals surface area contributed by atoms with Crippen molar-refractivity contribution in [1.29, 1.82) is 0 Å². The molecule has 0 amide bonds. The Bertz CT molecular complexity index is 333. The molecule has 1 aromatic rings. The molecule has 4 heteroatoms. The summed E-state index contributed by atoms with van der Waals surface area (Å²) >= 11 is 1.58. The molecule has 15 heavy (non-hydrogen) atoms. The molecule has 1 aromatic heterocycles. The van der Waals surface area contributed by atoms with E-state index in [1.165, 1.54) is 0 Å². The number of ketones is 1. The zero-order valence-corrected chi connectivity index (χ0v) is 10.4. The maximum Gasteiger partial charge on any atom is 0.148 e. The summed E-state index contributed by atoms with van der Waals surface area (Å²) < 4.78 is 1.93. The van der Waals surface area contributed by atoms with Gasteiger partial charge >= 0.3 is 0 Å². The van der Waals surface area contributed by atoms with Gasteiger partial charge in [0.05, 0.1) is 11.4 Å². The number of hydrogen-bond acceptors (Lipinski definition) is 3. The lowest BCUT2D eigenvalue weighted by molar-refractivity contribution is -0.116. The lowest BCUT2D eigenvalue weighted by atomic mass is 10.2. The summed E-state index contributed by atoms with van der Waals surface area (Å²) in [6, 6.07) is 2.04. The Kier molecular flexibility index (Phi) is 4.88. The molecular formula is C11H18N2OS. The topological polar surface area (TPSA) is 34.9 Å². The third kappa shape index (κ3) is 3.38. The molecule has 1 rings (SSSR count). The Balaban J connectivity index is 2.74. The highest BCUT2D eigenvalue weighted by atomic mass is 32.2. The Morgan fingerprint density at radius 3 is 2.80 bits per heavy atom. The van der Waals surface area contributed by atoms with Crippen molar-refractivity contribution >= 4 is 17.5 Å². The van der Waals surface area contributed by atoms with Crippen LogP contribution in [0.4, 0.5) is 0 Å². The van der Waals surface area contributed by atoms with Crippen molar-refractivity contribution in [3.63, 3.8) is 0 Å². The van der Waals surface area contributed by atoms with Gasteiger partial charge in [0.2, 0.25) is 0 Å². The van der Waals surface area contributed by atoms with Crippen LogP contribution in [-0.4, -0.2) is 27.6 Å². The van der Waals surface area contributed by atoms with E-state index in [1.54, 1.807) is 11.8 Å². The fourth-order valence-electron chi connectivity index (χ4n) is 1.52. The van der Waals surface area contributed by atoms with E-state index in [0.29, 0.717) is 12.2 Å². The Morgan fingerprint density at radius 1 is 1.53 bits per heavy atom. The van der Waals surface area contributed by atoms with Crippen molar-refractivity contribution < 1.29 is 4.79 Å². The summed E-state index contributed by atoms with van der Waals surface area (Å²) in [5.41, 5.74) is 2.12. The van der Waals surface area contributed by atoms with E-state index < -0.39 is 0 Å². The van der Waals surface area contributed by atoms with Crippen molar-refractivity contribution in [2.45, 2.75) is 33.2 Å². The predicted molar refractivity (Wildman–Crippen MR) is 64.4 cm³/mol. The van der Waals surface area contributed by atoms with Gasteiger partial charge in [0.15, 0.2) is 0 Å². The molecule has 84 valence electrons. The molecule has 0 aliphatic rings. The highest BCUT2D eigenvalue weighted by molar-refractivity contribution is 7.99. The summed E-state index contributed by atoms with van der Waals surface area (Å²) in [7, 11) is 0. The van der Waals surface area contributed by atoms with Crippen molar-refractivity contribution in [3.8, 4) is 0 Å². The molecule has 0 aliphatic heterocycles. The molecule has 0 aliphatic carbocycles. The molecule has 0 bridgehead atoms. The second kappa shape index (κ2) is 5.95. The highest BCUT2D eigenvalue weighted by Crippen LogP contribution is 2.08. The zero-order valence-electron chi connectivity index (χ0n) is 9.62. The van der Waals surface area contributed by atoms with Crippen LogP contribution in [0.5, 0.6) is 0 Å². The van der Waals surface area contributed by atoms with Gasteiger partial charge in [-0.3, -0.25) is 9.48 Å². The fraction of sp³-hybridized carbons (Fsp3) is 0.636. The van der Waals surface area contributed by atoms with E-state index in [4.69, 9.17) is 0 Å². The summed E-state index contributed by atoms with van der Waals surface area (Å²) in [6.07, 6.45) is 3.39. The van der Waals surface area contributed by atoms with E-state index in [-0.39, 0.29) is 5.78 Å². The van der Waals surface area contributed by atoms with E-state index in [9.17, 15) is 4.79 Å². The molecule has 0 fully saturated rings. The Labute approximate surface area is 95.2 Å². The minimum absolute atomic E-state index is 0.278. The predicted octanol–water partition coefficient (Wildman–Crippen LogP) is 1.94.